The number of hydrogen-bond donors (Lipinski definition) is 1. The average molecular weight is 453 g/mol. The second-order valence-electron chi connectivity index (χ2n) is 5.95. The number of para-hydroxylation sites is 1. The number of benzene rings is 3. The number of hydrogen-bond acceptors (Lipinski definition) is 3. The first-order valence-electron chi connectivity index (χ1n) is 8.36. The van der Waals surface area contributed by atoms with Crippen LogP contribution in [0.3, 0.4) is 0 Å². The van der Waals surface area contributed by atoms with E-state index in [1.165, 1.54) is 48.5 Å². The number of nitrogens with one attached hydrogen (secondary N) is 1. The molecule has 5 nitrogen and oxygen atoms in total. The van der Waals surface area contributed by atoms with Gasteiger partial charge in [0.15, 0.2) is 0 Å². The van der Waals surface area contributed by atoms with E-state index in [0.717, 1.165) is 4.31 Å². The summed E-state index contributed by atoms with van der Waals surface area (Å²) in [6, 6.07) is 17.4. The van der Waals surface area contributed by atoms with Crippen LogP contribution in [-0.4, -0.2) is 20.9 Å². The molecule has 0 heterocycles. The fourth-order valence-electron chi connectivity index (χ4n) is 2.56. The number of rotatable bonds is 6. The molecule has 0 bridgehead atoms. The Kier molecular flexibility index (Phi) is 6.42. The molecule has 29 heavy (non-hydrogen) atoms. The Hall–Kier alpha value is -2.61. The minimum atomic E-state index is -4.10. The summed E-state index contributed by atoms with van der Waals surface area (Å²) in [5.74, 6) is -1.35. The van der Waals surface area contributed by atoms with Gasteiger partial charge in [0, 0.05) is 0 Å². The first-order chi connectivity index (χ1) is 13.8. The molecule has 1 amide bonds. The Labute approximate surface area is 177 Å². The van der Waals surface area contributed by atoms with E-state index in [2.05, 4.69) is 5.32 Å². The fourth-order valence-corrected chi connectivity index (χ4v) is 4.28. The number of halogens is 3. The van der Waals surface area contributed by atoms with E-state index in [0.29, 0.717) is 0 Å². The van der Waals surface area contributed by atoms with Gasteiger partial charge in [-0.25, -0.2) is 12.8 Å². The van der Waals surface area contributed by atoms with Crippen LogP contribution < -0.4 is 9.62 Å². The molecule has 9 heteroatoms. The van der Waals surface area contributed by atoms with E-state index < -0.39 is 28.3 Å². The molecule has 150 valence electrons. The van der Waals surface area contributed by atoms with E-state index in [1.54, 1.807) is 24.3 Å². The van der Waals surface area contributed by atoms with E-state index in [4.69, 9.17) is 23.2 Å². The highest BCUT2D eigenvalue weighted by molar-refractivity contribution is 7.92. The number of sulfonamides is 1. The summed E-state index contributed by atoms with van der Waals surface area (Å²) >= 11 is 12.0. The Balaban J connectivity index is 1.98. The lowest BCUT2D eigenvalue weighted by atomic mass is 10.3. The monoisotopic (exact) mass is 452 g/mol. The van der Waals surface area contributed by atoms with Gasteiger partial charge in [-0.15, -0.1) is 0 Å². The fraction of sp³-hybridized carbons (Fsp3) is 0.0500. The van der Waals surface area contributed by atoms with Gasteiger partial charge in [0.2, 0.25) is 5.91 Å². The molecule has 3 aromatic rings. The van der Waals surface area contributed by atoms with Crippen LogP contribution >= 0.6 is 23.2 Å². The molecule has 3 rings (SSSR count). The van der Waals surface area contributed by atoms with E-state index in [1.807, 2.05) is 0 Å². The molecular formula is C20H15Cl2FN2O3S. The van der Waals surface area contributed by atoms with Crippen molar-refractivity contribution in [1.82, 2.24) is 0 Å². The van der Waals surface area contributed by atoms with Crippen molar-refractivity contribution < 1.29 is 17.6 Å². The van der Waals surface area contributed by atoms with Crippen LogP contribution in [0.2, 0.25) is 10.0 Å². The standard InChI is InChI=1S/C20H15Cl2FN2O3S/c21-16-11-10-14(12-17(16)22)25(29(27,28)15-6-2-1-3-7-15)13-20(26)24-19-9-5-4-8-18(19)23/h1-12H,13H2,(H,24,26). The van der Waals surface area contributed by atoms with Crippen molar-refractivity contribution in [3.8, 4) is 0 Å². The van der Waals surface area contributed by atoms with Crippen LogP contribution in [0.15, 0.2) is 77.7 Å². The molecule has 0 aromatic heterocycles. The number of carbonyl (C=O) groups excluding carboxylic acids is 1. The SMILES string of the molecule is O=C(CN(c1ccc(Cl)c(Cl)c1)S(=O)(=O)c1ccccc1)Nc1ccccc1F. The summed E-state index contributed by atoms with van der Waals surface area (Å²) in [7, 11) is -4.10. The van der Waals surface area contributed by atoms with Gasteiger partial charge in [-0.2, -0.15) is 0 Å². The summed E-state index contributed by atoms with van der Waals surface area (Å²) in [5, 5.41) is 2.75. The Morgan fingerprint density at radius 2 is 1.59 bits per heavy atom. The molecule has 0 spiro atoms. The van der Waals surface area contributed by atoms with Crippen LogP contribution in [-0.2, 0) is 14.8 Å². The van der Waals surface area contributed by atoms with Crippen molar-refractivity contribution >= 4 is 50.5 Å². The summed E-state index contributed by atoms with van der Waals surface area (Å²) < 4.78 is 41.1. The Morgan fingerprint density at radius 3 is 2.24 bits per heavy atom. The van der Waals surface area contributed by atoms with Crippen LogP contribution in [0.1, 0.15) is 0 Å². The maximum absolute atomic E-state index is 13.8. The third kappa shape index (κ3) is 4.87. The number of nitrogens with zero attached hydrogens (tertiary/aromatic N) is 1. The normalized spacial score (nSPS) is 11.1. The summed E-state index contributed by atoms with van der Waals surface area (Å²) in [6.45, 7) is -0.594. The Morgan fingerprint density at radius 1 is 0.931 bits per heavy atom. The molecule has 0 fully saturated rings. The van der Waals surface area contributed by atoms with Gasteiger partial charge in [0.25, 0.3) is 10.0 Å². The quantitative estimate of drug-likeness (QED) is 0.574. The van der Waals surface area contributed by atoms with Crippen molar-refractivity contribution in [1.29, 1.82) is 0 Å². The second kappa shape index (κ2) is 8.82. The van der Waals surface area contributed by atoms with Crippen molar-refractivity contribution in [2.75, 3.05) is 16.2 Å². The molecule has 0 aliphatic carbocycles. The predicted molar refractivity (Wildman–Crippen MR) is 112 cm³/mol. The lowest BCUT2D eigenvalue weighted by Gasteiger charge is -2.24. The summed E-state index contributed by atoms with van der Waals surface area (Å²) in [5.41, 5.74) is 0.0932. The van der Waals surface area contributed by atoms with Crippen LogP contribution in [0, 0.1) is 5.82 Å². The molecule has 0 aliphatic rings. The van der Waals surface area contributed by atoms with Gasteiger partial charge in [-0.3, -0.25) is 9.10 Å². The minimum Gasteiger partial charge on any atom is -0.322 e. The highest BCUT2D eigenvalue weighted by atomic mass is 35.5. The van der Waals surface area contributed by atoms with E-state index >= 15 is 0 Å². The summed E-state index contributed by atoms with van der Waals surface area (Å²) in [6.07, 6.45) is 0. The smallest absolute Gasteiger partial charge is 0.264 e. The molecular weight excluding hydrogens is 438 g/mol. The third-order valence-electron chi connectivity index (χ3n) is 3.96. The first-order valence-corrected chi connectivity index (χ1v) is 10.6. The van der Waals surface area contributed by atoms with Crippen molar-refractivity contribution in [3.63, 3.8) is 0 Å². The molecule has 0 saturated carbocycles. The van der Waals surface area contributed by atoms with E-state index in [9.17, 15) is 17.6 Å². The molecule has 0 unspecified atom stereocenters. The third-order valence-corrected chi connectivity index (χ3v) is 6.48. The molecule has 1 N–H and O–H groups in total. The zero-order valence-corrected chi connectivity index (χ0v) is 17.2. The topological polar surface area (TPSA) is 66.5 Å². The average Bonchev–Trinajstić information content (AvgIpc) is 2.71. The molecule has 0 radical (unpaired) electrons. The van der Waals surface area contributed by atoms with Gasteiger partial charge in [0.05, 0.1) is 26.3 Å². The zero-order valence-electron chi connectivity index (χ0n) is 14.8. The lowest BCUT2D eigenvalue weighted by Crippen LogP contribution is -2.38. The van der Waals surface area contributed by atoms with Crippen LogP contribution in [0.5, 0.6) is 0 Å². The zero-order chi connectivity index (χ0) is 21.0. The number of amides is 1. The van der Waals surface area contributed by atoms with Gasteiger partial charge >= 0.3 is 0 Å². The highest BCUT2D eigenvalue weighted by Gasteiger charge is 2.27. The van der Waals surface area contributed by atoms with Crippen LogP contribution in [0.25, 0.3) is 0 Å². The van der Waals surface area contributed by atoms with Crippen molar-refractivity contribution in [3.05, 3.63) is 88.7 Å². The predicted octanol–water partition coefficient (Wildman–Crippen LogP) is 4.97. The second-order valence-corrected chi connectivity index (χ2v) is 8.63. The summed E-state index contributed by atoms with van der Waals surface area (Å²) in [4.78, 5) is 12.5. The van der Waals surface area contributed by atoms with Gasteiger partial charge in [-0.1, -0.05) is 53.5 Å². The van der Waals surface area contributed by atoms with Crippen LogP contribution in [0.4, 0.5) is 15.8 Å². The lowest BCUT2D eigenvalue weighted by molar-refractivity contribution is -0.114. The highest BCUT2D eigenvalue weighted by Crippen LogP contribution is 2.30. The molecule has 3 aromatic carbocycles. The van der Waals surface area contributed by atoms with Gasteiger partial charge in [-0.05, 0) is 42.5 Å². The molecule has 0 aliphatic heterocycles. The first kappa shape index (κ1) is 21.1. The van der Waals surface area contributed by atoms with Gasteiger partial charge in [0.1, 0.15) is 12.4 Å². The van der Waals surface area contributed by atoms with Crippen molar-refractivity contribution in [2.45, 2.75) is 4.90 Å². The largest absolute Gasteiger partial charge is 0.322 e. The number of carbonyl (C=O) groups is 1. The minimum absolute atomic E-state index is 0.00948. The number of anilines is 2. The van der Waals surface area contributed by atoms with Gasteiger partial charge < -0.3 is 5.32 Å². The van der Waals surface area contributed by atoms with Crippen molar-refractivity contribution in [2.24, 2.45) is 0 Å². The maximum atomic E-state index is 13.8. The van der Waals surface area contributed by atoms with E-state index in [-0.39, 0.29) is 26.3 Å². The maximum Gasteiger partial charge on any atom is 0.264 e. The molecule has 0 saturated heterocycles. The molecule has 0 atom stereocenters. The Bertz CT molecular complexity index is 1140.